The highest BCUT2D eigenvalue weighted by molar-refractivity contribution is 5.36. The van der Waals surface area contributed by atoms with Gasteiger partial charge in [-0.2, -0.15) is 0 Å². The van der Waals surface area contributed by atoms with Gasteiger partial charge in [0.25, 0.3) is 5.88 Å². The monoisotopic (exact) mass is 366 g/mol. The van der Waals surface area contributed by atoms with E-state index in [-0.39, 0.29) is 12.2 Å². The van der Waals surface area contributed by atoms with Gasteiger partial charge in [-0.1, -0.05) is 24.3 Å². The second kappa shape index (κ2) is 6.80. The van der Waals surface area contributed by atoms with E-state index in [1.807, 2.05) is 19.1 Å². The van der Waals surface area contributed by atoms with Crippen LogP contribution in [0.3, 0.4) is 0 Å². The Morgan fingerprint density at radius 2 is 1.96 bits per heavy atom. The van der Waals surface area contributed by atoms with Crippen molar-refractivity contribution in [2.24, 2.45) is 17.8 Å². The third-order valence-electron chi connectivity index (χ3n) is 6.20. The van der Waals surface area contributed by atoms with Gasteiger partial charge in [0.2, 0.25) is 0 Å². The van der Waals surface area contributed by atoms with E-state index in [0.717, 1.165) is 36.3 Å². The van der Waals surface area contributed by atoms with Crippen LogP contribution in [0.4, 0.5) is 0 Å². The fourth-order valence-corrected chi connectivity index (χ4v) is 4.78. The highest BCUT2D eigenvalue weighted by atomic mass is 16.6. The fourth-order valence-electron chi connectivity index (χ4n) is 4.78. The van der Waals surface area contributed by atoms with Crippen LogP contribution in [0.25, 0.3) is 0 Å². The van der Waals surface area contributed by atoms with Crippen LogP contribution < -0.4 is 9.47 Å². The first-order chi connectivity index (χ1) is 13.2. The van der Waals surface area contributed by atoms with Gasteiger partial charge < -0.3 is 14.6 Å². The fraction of sp³-hybridized carbons (Fsp3) is 0.500. The number of hydrogen-bond donors (Lipinski definition) is 1. The summed E-state index contributed by atoms with van der Waals surface area (Å²) in [6.07, 6.45) is 2.43. The van der Waals surface area contributed by atoms with Crippen LogP contribution >= 0.6 is 0 Å². The Bertz CT molecular complexity index is 795. The summed E-state index contributed by atoms with van der Waals surface area (Å²) in [5.41, 5.74) is 2.46. The Labute approximate surface area is 159 Å². The zero-order chi connectivity index (χ0) is 18.4. The van der Waals surface area contributed by atoms with Gasteiger partial charge in [-0.25, -0.2) is 4.98 Å². The molecule has 1 aromatic carbocycles. The zero-order valence-electron chi connectivity index (χ0n) is 15.6. The number of aliphatic hydroxyl groups excluding tert-OH is 1. The lowest BCUT2D eigenvalue weighted by atomic mass is 10.1. The van der Waals surface area contributed by atoms with E-state index in [4.69, 9.17) is 9.47 Å². The largest absolute Gasteiger partial charge is 0.484 e. The summed E-state index contributed by atoms with van der Waals surface area (Å²) in [4.78, 5) is 6.79. The summed E-state index contributed by atoms with van der Waals surface area (Å²) >= 11 is 0. The minimum absolute atomic E-state index is 0.109. The molecule has 142 valence electrons. The predicted octanol–water partition coefficient (Wildman–Crippen LogP) is 3.04. The molecule has 4 unspecified atom stereocenters. The lowest BCUT2D eigenvalue weighted by Crippen LogP contribution is -2.25. The third-order valence-corrected chi connectivity index (χ3v) is 6.20. The molecule has 0 spiro atoms. The Morgan fingerprint density at radius 1 is 1.19 bits per heavy atom. The number of piperidine rings is 1. The van der Waals surface area contributed by atoms with E-state index in [0.29, 0.717) is 18.2 Å². The first kappa shape index (κ1) is 17.0. The number of aromatic nitrogens is 1. The second-order valence-electron chi connectivity index (χ2n) is 8.24. The maximum absolute atomic E-state index is 9.57. The molecule has 1 saturated heterocycles. The number of fused-ring (bicyclic) bond motifs is 2. The van der Waals surface area contributed by atoms with Crippen LogP contribution in [0.1, 0.15) is 30.6 Å². The highest BCUT2D eigenvalue weighted by Crippen LogP contribution is 2.54. The molecule has 1 saturated carbocycles. The number of aliphatic hydroxyl groups is 1. The minimum atomic E-state index is -0.158. The molecule has 27 heavy (non-hydrogen) atoms. The van der Waals surface area contributed by atoms with Crippen molar-refractivity contribution < 1.29 is 14.6 Å². The molecule has 5 heteroatoms. The van der Waals surface area contributed by atoms with E-state index in [9.17, 15) is 5.11 Å². The molecule has 3 aliphatic rings. The summed E-state index contributed by atoms with van der Waals surface area (Å²) in [6, 6.07) is 12.4. The molecule has 3 heterocycles. The zero-order valence-corrected chi connectivity index (χ0v) is 15.6. The Hall–Kier alpha value is -2.11. The highest BCUT2D eigenvalue weighted by Gasteiger charge is 2.55. The first-order valence-corrected chi connectivity index (χ1v) is 9.91. The molecule has 0 amide bonds. The van der Waals surface area contributed by atoms with Gasteiger partial charge in [0.05, 0.1) is 6.10 Å². The summed E-state index contributed by atoms with van der Waals surface area (Å²) in [5, 5.41) is 9.57. The SMILES string of the molecule is CC(O)CC1C2CN(Cc3ccc(C4COc5cccnc5O4)cc3)CC12. The van der Waals surface area contributed by atoms with Gasteiger partial charge in [0, 0.05) is 25.8 Å². The topological polar surface area (TPSA) is 54.8 Å². The molecular formula is C22H26N2O3. The van der Waals surface area contributed by atoms with Crippen molar-refractivity contribution in [2.45, 2.75) is 32.1 Å². The van der Waals surface area contributed by atoms with Crippen molar-refractivity contribution in [1.29, 1.82) is 0 Å². The maximum Gasteiger partial charge on any atom is 0.257 e. The maximum atomic E-state index is 9.57. The molecule has 5 nitrogen and oxygen atoms in total. The number of nitrogens with zero attached hydrogens (tertiary/aromatic N) is 2. The molecule has 2 aromatic rings. The average Bonchev–Trinajstić information content (AvgIpc) is 3.11. The molecule has 4 atom stereocenters. The van der Waals surface area contributed by atoms with Gasteiger partial charge in [0.1, 0.15) is 6.61 Å². The first-order valence-electron chi connectivity index (χ1n) is 9.91. The number of hydrogen-bond acceptors (Lipinski definition) is 5. The van der Waals surface area contributed by atoms with E-state index < -0.39 is 0 Å². The molecule has 5 rings (SSSR count). The smallest absolute Gasteiger partial charge is 0.257 e. The minimum Gasteiger partial charge on any atom is -0.484 e. The predicted molar refractivity (Wildman–Crippen MR) is 102 cm³/mol. The van der Waals surface area contributed by atoms with Crippen molar-refractivity contribution in [3.8, 4) is 11.6 Å². The summed E-state index contributed by atoms with van der Waals surface area (Å²) < 4.78 is 11.8. The Morgan fingerprint density at radius 3 is 2.70 bits per heavy atom. The third kappa shape index (κ3) is 3.42. The summed E-state index contributed by atoms with van der Waals surface area (Å²) in [6.45, 7) is 5.76. The average molecular weight is 366 g/mol. The van der Waals surface area contributed by atoms with Crippen molar-refractivity contribution in [2.75, 3.05) is 19.7 Å². The van der Waals surface area contributed by atoms with Crippen molar-refractivity contribution in [3.63, 3.8) is 0 Å². The molecule has 1 aliphatic carbocycles. The van der Waals surface area contributed by atoms with Crippen LogP contribution in [-0.2, 0) is 6.54 Å². The molecular weight excluding hydrogens is 340 g/mol. The molecule has 0 radical (unpaired) electrons. The van der Waals surface area contributed by atoms with Crippen LogP contribution in [0.2, 0.25) is 0 Å². The van der Waals surface area contributed by atoms with E-state index >= 15 is 0 Å². The standard InChI is InChI=1S/C22H26N2O3/c1-14(25)9-17-18-11-24(12-19(17)18)10-15-4-6-16(7-5-15)21-13-26-20-3-2-8-23-22(20)27-21/h2-8,14,17-19,21,25H,9-13H2,1H3. The molecule has 2 aliphatic heterocycles. The van der Waals surface area contributed by atoms with Crippen LogP contribution in [0.15, 0.2) is 42.6 Å². The van der Waals surface area contributed by atoms with E-state index in [2.05, 4.69) is 34.1 Å². The van der Waals surface area contributed by atoms with E-state index in [1.54, 1.807) is 6.20 Å². The molecule has 2 fully saturated rings. The number of benzene rings is 1. The van der Waals surface area contributed by atoms with Gasteiger partial charge >= 0.3 is 0 Å². The normalized spacial score (nSPS) is 30.0. The summed E-state index contributed by atoms with van der Waals surface area (Å²) in [7, 11) is 0. The number of rotatable bonds is 5. The van der Waals surface area contributed by atoms with Gasteiger partial charge in [-0.05, 0) is 54.4 Å². The lowest BCUT2D eigenvalue weighted by Gasteiger charge is -2.26. The number of pyridine rings is 1. The lowest BCUT2D eigenvalue weighted by molar-refractivity contribution is 0.0851. The van der Waals surface area contributed by atoms with Crippen molar-refractivity contribution >= 4 is 0 Å². The molecule has 1 N–H and O–H groups in total. The van der Waals surface area contributed by atoms with Crippen molar-refractivity contribution in [1.82, 2.24) is 9.88 Å². The number of likely N-dealkylation sites (tertiary alicyclic amines) is 1. The van der Waals surface area contributed by atoms with Gasteiger partial charge in [-0.15, -0.1) is 0 Å². The molecule has 1 aromatic heterocycles. The van der Waals surface area contributed by atoms with Crippen LogP contribution in [-0.4, -0.2) is 40.8 Å². The van der Waals surface area contributed by atoms with Crippen molar-refractivity contribution in [3.05, 3.63) is 53.7 Å². The van der Waals surface area contributed by atoms with E-state index in [1.165, 1.54) is 18.7 Å². The Kier molecular flexibility index (Phi) is 4.29. The summed E-state index contributed by atoms with van der Waals surface area (Å²) in [5.74, 6) is 3.65. The Balaban J connectivity index is 1.17. The number of ether oxygens (including phenoxy) is 2. The van der Waals surface area contributed by atoms with Gasteiger partial charge in [0.15, 0.2) is 11.9 Å². The second-order valence-corrected chi connectivity index (χ2v) is 8.24. The van der Waals surface area contributed by atoms with Gasteiger partial charge in [-0.3, -0.25) is 4.90 Å². The quantitative estimate of drug-likeness (QED) is 0.881. The molecule has 0 bridgehead atoms. The van der Waals surface area contributed by atoms with Crippen LogP contribution in [0, 0.1) is 17.8 Å². The van der Waals surface area contributed by atoms with Crippen LogP contribution in [0.5, 0.6) is 11.6 Å².